The second-order valence-electron chi connectivity index (χ2n) is 3.80. The molecule has 0 aliphatic rings. The molecule has 2 N–H and O–H groups in total. The molecule has 0 saturated carbocycles. The number of rotatable bonds is 3. The molecule has 96 valence electrons. The summed E-state index contributed by atoms with van der Waals surface area (Å²) in [6, 6.07) is 13.1. The molecule has 4 nitrogen and oxygen atoms in total. The van der Waals surface area contributed by atoms with E-state index in [1.54, 1.807) is 48.5 Å². The molecule has 0 aliphatic heterocycles. The van der Waals surface area contributed by atoms with Gasteiger partial charge in [0.1, 0.15) is 6.29 Å². The molecule has 5 heteroatoms. The lowest BCUT2D eigenvalue weighted by Crippen LogP contribution is -2.19. The van der Waals surface area contributed by atoms with Crippen molar-refractivity contribution < 1.29 is 9.59 Å². The number of hydrogen-bond donors (Lipinski definition) is 2. The fourth-order valence-electron chi connectivity index (χ4n) is 1.54. The molecule has 0 unspecified atom stereocenters. The van der Waals surface area contributed by atoms with Gasteiger partial charge in [-0.1, -0.05) is 35.9 Å². The van der Waals surface area contributed by atoms with Crippen molar-refractivity contribution in [1.82, 2.24) is 0 Å². The maximum absolute atomic E-state index is 11.8. The van der Waals surface area contributed by atoms with Crippen LogP contribution in [0.25, 0.3) is 0 Å². The molecule has 2 aromatic carbocycles. The van der Waals surface area contributed by atoms with Crippen LogP contribution in [0.3, 0.4) is 0 Å². The first-order valence-corrected chi connectivity index (χ1v) is 5.94. The number of amides is 2. The second kappa shape index (κ2) is 6.02. The summed E-state index contributed by atoms with van der Waals surface area (Å²) >= 11 is 5.93. The molecule has 0 saturated heterocycles. The summed E-state index contributed by atoms with van der Waals surface area (Å²) in [5, 5.41) is 5.71. The molecule has 0 radical (unpaired) electrons. The van der Waals surface area contributed by atoms with E-state index in [0.29, 0.717) is 22.0 Å². The van der Waals surface area contributed by atoms with Gasteiger partial charge >= 0.3 is 6.03 Å². The molecule has 0 aliphatic carbocycles. The maximum atomic E-state index is 11.8. The number of anilines is 2. The molecular weight excluding hydrogens is 264 g/mol. The predicted molar refractivity (Wildman–Crippen MR) is 75.9 cm³/mol. The Balaban J connectivity index is 2.05. The number of benzene rings is 2. The summed E-state index contributed by atoms with van der Waals surface area (Å²) in [7, 11) is 0. The molecule has 2 amide bonds. The summed E-state index contributed by atoms with van der Waals surface area (Å²) in [4.78, 5) is 22.4. The zero-order valence-corrected chi connectivity index (χ0v) is 10.6. The van der Waals surface area contributed by atoms with E-state index in [1.807, 2.05) is 0 Å². The van der Waals surface area contributed by atoms with Crippen molar-refractivity contribution in [3.05, 3.63) is 59.1 Å². The number of para-hydroxylation sites is 1. The first-order valence-electron chi connectivity index (χ1n) is 5.57. The fourth-order valence-corrected chi connectivity index (χ4v) is 1.72. The van der Waals surface area contributed by atoms with Gasteiger partial charge in [0.25, 0.3) is 0 Å². The summed E-state index contributed by atoms with van der Waals surface area (Å²) in [5.41, 5.74) is 1.55. The molecular formula is C14H11ClN2O2. The van der Waals surface area contributed by atoms with Crippen molar-refractivity contribution in [2.75, 3.05) is 10.6 Å². The Morgan fingerprint density at radius 1 is 1.05 bits per heavy atom. The van der Waals surface area contributed by atoms with Crippen LogP contribution in [0.4, 0.5) is 16.2 Å². The molecule has 0 atom stereocenters. The van der Waals surface area contributed by atoms with Crippen LogP contribution in [-0.2, 0) is 0 Å². The van der Waals surface area contributed by atoms with E-state index in [1.165, 1.54) is 0 Å². The Hall–Kier alpha value is -2.33. The van der Waals surface area contributed by atoms with Gasteiger partial charge in [-0.05, 0) is 24.3 Å². The van der Waals surface area contributed by atoms with Crippen molar-refractivity contribution in [3.63, 3.8) is 0 Å². The molecule has 0 heterocycles. The number of nitrogens with one attached hydrogen (secondary N) is 2. The Labute approximate surface area is 115 Å². The first-order chi connectivity index (χ1) is 9.19. The second-order valence-corrected chi connectivity index (χ2v) is 4.21. The monoisotopic (exact) mass is 274 g/mol. The van der Waals surface area contributed by atoms with Gasteiger partial charge in [-0.2, -0.15) is 0 Å². The van der Waals surface area contributed by atoms with Gasteiger partial charge in [-0.15, -0.1) is 0 Å². The van der Waals surface area contributed by atoms with Gasteiger partial charge in [0.05, 0.1) is 10.7 Å². The van der Waals surface area contributed by atoms with E-state index in [0.717, 1.165) is 6.29 Å². The average molecular weight is 275 g/mol. The predicted octanol–water partition coefficient (Wildman–Crippen LogP) is 3.80. The van der Waals surface area contributed by atoms with Crippen LogP contribution < -0.4 is 10.6 Å². The van der Waals surface area contributed by atoms with Crippen molar-refractivity contribution in [3.8, 4) is 0 Å². The van der Waals surface area contributed by atoms with Gasteiger partial charge in [-0.25, -0.2) is 4.79 Å². The molecule has 0 fully saturated rings. The lowest BCUT2D eigenvalue weighted by atomic mass is 10.2. The van der Waals surface area contributed by atoms with Crippen LogP contribution in [0.2, 0.25) is 5.02 Å². The maximum Gasteiger partial charge on any atom is 0.323 e. The van der Waals surface area contributed by atoms with E-state index in [9.17, 15) is 9.59 Å². The lowest BCUT2D eigenvalue weighted by molar-refractivity contribution is 0.112. The summed E-state index contributed by atoms with van der Waals surface area (Å²) in [6.07, 6.45) is 0.719. The highest BCUT2D eigenvalue weighted by molar-refractivity contribution is 6.33. The van der Waals surface area contributed by atoms with Crippen molar-refractivity contribution in [1.29, 1.82) is 0 Å². The highest BCUT2D eigenvalue weighted by atomic mass is 35.5. The molecule has 0 aromatic heterocycles. The van der Waals surface area contributed by atoms with Crippen LogP contribution in [-0.4, -0.2) is 12.3 Å². The van der Waals surface area contributed by atoms with Crippen LogP contribution in [0.5, 0.6) is 0 Å². The minimum Gasteiger partial charge on any atom is -0.308 e. The van der Waals surface area contributed by atoms with E-state index in [2.05, 4.69) is 10.6 Å². The third kappa shape index (κ3) is 3.56. The quantitative estimate of drug-likeness (QED) is 0.837. The molecule has 0 bridgehead atoms. The topological polar surface area (TPSA) is 58.2 Å². The third-order valence-corrected chi connectivity index (χ3v) is 2.73. The van der Waals surface area contributed by atoms with Gasteiger partial charge < -0.3 is 10.6 Å². The highest BCUT2D eigenvalue weighted by Gasteiger charge is 2.05. The van der Waals surface area contributed by atoms with E-state index in [4.69, 9.17) is 11.6 Å². The van der Waals surface area contributed by atoms with E-state index >= 15 is 0 Å². The normalized spacial score (nSPS) is 9.74. The SMILES string of the molecule is O=Cc1cccc(NC(=O)Nc2ccccc2Cl)c1. The van der Waals surface area contributed by atoms with Gasteiger partial charge in [0.2, 0.25) is 0 Å². The standard InChI is InChI=1S/C14H11ClN2O2/c15-12-6-1-2-7-13(12)17-14(19)16-11-5-3-4-10(8-11)9-18/h1-9H,(H2,16,17,19). The number of hydrogen-bond acceptors (Lipinski definition) is 2. The highest BCUT2D eigenvalue weighted by Crippen LogP contribution is 2.20. The number of aldehydes is 1. The van der Waals surface area contributed by atoms with Gasteiger partial charge in [0, 0.05) is 11.3 Å². The largest absolute Gasteiger partial charge is 0.323 e. The summed E-state index contributed by atoms with van der Waals surface area (Å²) in [6.45, 7) is 0. The fraction of sp³-hybridized carbons (Fsp3) is 0. The Bertz CT molecular complexity index is 614. The average Bonchev–Trinajstić information content (AvgIpc) is 2.41. The van der Waals surface area contributed by atoms with E-state index < -0.39 is 6.03 Å². The number of urea groups is 1. The Morgan fingerprint density at radius 2 is 1.84 bits per heavy atom. The smallest absolute Gasteiger partial charge is 0.308 e. The van der Waals surface area contributed by atoms with Crippen molar-refractivity contribution >= 4 is 35.3 Å². The summed E-state index contributed by atoms with van der Waals surface area (Å²) in [5.74, 6) is 0. The number of halogens is 1. The van der Waals surface area contributed by atoms with Crippen molar-refractivity contribution in [2.45, 2.75) is 0 Å². The third-order valence-electron chi connectivity index (χ3n) is 2.40. The first kappa shape index (κ1) is 13.1. The van der Waals surface area contributed by atoms with Crippen LogP contribution in [0.1, 0.15) is 10.4 Å². The van der Waals surface area contributed by atoms with Gasteiger partial charge in [0.15, 0.2) is 0 Å². The van der Waals surface area contributed by atoms with Crippen LogP contribution in [0.15, 0.2) is 48.5 Å². The number of carbonyl (C=O) groups is 2. The zero-order chi connectivity index (χ0) is 13.7. The minimum atomic E-state index is -0.420. The van der Waals surface area contributed by atoms with Crippen LogP contribution >= 0.6 is 11.6 Å². The Morgan fingerprint density at radius 3 is 2.58 bits per heavy atom. The zero-order valence-electron chi connectivity index (χ0n) is 9.89. The molecule has 19 heavy (non-hydrogen) atoms. The molecule has 0 spiro atoms. The minimum absolute atomic E-state index is 0.420. The van der Waals surface area contributed by atoms with Crippen molar-refractivity contribution in [2.24, 2.45) is 0 Å². The van der Waals surface area contributed by atoms with Crippen LogP contribution in [0, 0.1) is 0 Å². The number of carbonyl (C=O) groups excluding carboxylic acids is 2. The molecule has 2 rings (SSSR count). The summed E-state index contributed by atoms with van der Waals surface area (Å²) < 4.78 is 0. The lowest BCUT2D eigenvalue weighted by Gasteiger charge is -2.09. The Kier molecular flexibility index (Phi) is 4.15. The molecule has 2 aromatic rings. The van der Waals surface area contributed by atoms with E-state index in [-0.39, 0.29) is 0 Å². The van der Waals surface area contributed by atoms with Gasteiger partial charge in [-0.3, -0.25) is 4.79 Å².